The van der Waals surface area contributed by atoms with Gasteiger partial charge in [0.25, 0.3) is 0 Å². The highest BCUT2D eigenvalue weighted by Crippen LogP contribution is 2.21. The summed E-state index contributed by atoms with van der Waals surface area (Å²) in [6, 6.07) is 12.7. The molecule has 0 aromatic heterocycles. The van der Waals surface area contributed by atoms with Gasteiger partial charge in [-0.25, -0.2) is 0 Å². The number of amides is 1. The van der Waals surface area contributed by atoms with E-state index in [1.807, 2.05) is 24.3 Å². The molecule has 5 heteroatoms. The summed E-state index contributed by atoms with van der Waals surface area (Å²) in [5.74, 6) is -0.0408. The highest BCUT2D eigenvalue weighted by Gasteiger charge is 2.06. The van der Waals surface area contributed by atoms with Gasteiger partial charge in [-0.2, -0.15) is 0 Å². The molecule has 0 bridgehead atoms. The zero-order valence-electron chi connectivity index (χ0n) is 11.2. The lowest BCUT2D eigenvalue weighted by atomic mass is 10.1. The summed E-state index contributed by atoms with van der Waals surface area (Å²) in [5, 5.41) is 4.65. The molecule has 0 heterocycles. The van der Waals surface area contributed by atoms with Gasteiger partial charge in [-0.3, -0.25) is 4.79 Å². The van der Waals surface area contributed by atoms with E-state index in [1.54, 1.807) is 18.2 Å². The van der Waals surface area contributed by atoms with E-state index in [4.69, 9.17) is 34.8 Å². The molecule has 0 saturated carbocycles. The second kappa shape index (κ2) is 7.69. The summed E-state index contributed by atoms with van der Waals surface area (Å²) < 4.78 is 0. The standard InChI is InChI=1S/C16H14Cl3NO/c17-13-7-5-12(15(19)9-13)10-20-16(21)8-6-11-3-1-2-4-14(11)18/h1-5,7,9H,6,8,10H2,(H,20,21). The molecule has 2 aromatic rings. The summed E-state index contributed by atoms with van der Waals surface area (Å²) in [6.07, 6.45) is 0.995. The van der Waals surface area contributed by atoms with Crippen molar-refractivity contribution in [2.24, 2.45) is 0 Å². The third-order valence-electron chi connectivity index (χ3n) is 3.07. The monoisotopic (exact) mass is 341 g/mol. The average molecular weight is 343 g/mol. The molecule has 0 radical (unpaired) electrons. The van der Waals surface area contributed by atoms with Crippen molar-refractivity contribution in [1.82, 2.24) is 5.32 Å². The van der Waals surface area contributed by atoms with Crippen molar-refractivity contribution in [1.29, 1.82) is 0 Å². The van der Waals surface area contributed by atoms with E-state index < -0.39 is 0 Å². The molecule has 0 unspecified atom stereocenters. The molecule has 0 aliphatic rings. The van der Waals surface area contributed by atoms with Gasteiger partial charge in [0, 0.05) is 28.0 Å². The Hall–Kier alpha value is -1.22. The van der Waals surface area contributed by atoms with E-state index in [2.05, 4.69) is 5.32 Å². The SMILES string of the molecule is O=C(CCc1ccccc1Cl)NCc1ccc(Cl)cc1Cl. The van der Waals surface area contributed by atoms with Crippen molar-refractivity contribution >= 4 is 40.7 Å². The Kier molecular flexibility index (Phi) is 5.92. The van der Waals surface area contributed by atoms with Crippen LogP contribution in [0.1, 0.15) is 17.5 Å². The minimum atomic E-state index is -0.0408. The first-order valence-corrected chi connectivity index (χ1v) is 7.63. The smallest absolute Gasteiger partial charge is 0.220 e. The molecule has 0 fully saturated rings. The number of nitrogens with one attached hydrogen (secondary N) is 1. The van der Waals surface area contributed by atoms with Crippen LogP contribution in [0.5, 0.6) is 0 Å². The first-order valence-electron chi connectivity index (χ1n) is 6.50. The van der Waals surface area contributed by atoms with Gasteiger partial charge >= 0.3 is 0 Å². The molecule has 0 atom stereocenters. The van der Waals surface area contributed by atoms with E-state index in [1.165, 1.54) is 0 Å². The fourth-order valence-electron chi connectivity index (χ4n) is 1.90. The van der Waals surface area contributed by atoms with Crippen molar-refractivity contribution in [3.05, 3.63) is 68.7 Å². The number of halogens is 3. The van der Waals surface area contributed by atoms with Crippen LogP contribution >= 0.6 is 34.8 Å². The molecule has 0 saturated heterocycles. The van der Waals surface area contributed by atoms with Crippen LogP contribution in [0.4, 0.5) is 0 Å². The molecule has 110 valence electrons. The minimum absolute atomic E-state index is 0.0408. The van der Waals surface area contributed by atoms with E-state index in [-0.39, 0.29) is 5.91 Å². The Labute approximate surface area is 139 Å². The topological polar surface area (TPSA) is 29.1 Å². The number of aryl methyl sites for hydroxylation is 1. The van der Waals surface area contributed by atoms with Crippen LogP contribution in [0.3, 0.4) is 0 Å². The van der Waals surface area contributed by atoms with Crippen LogP contribution in [0, 0.1) is 0 Å². The molecule has 0 aliphatic carbocycles. The Morgan fingerprint density at radius 1 is 0.952 bits per heavy atom. The zero-order chi connectivity index (χ0) is 15.2. The van der Waals surface area contributed by atoms with Gasteiger partial charge < -0.3 is 5.32 Å². The predicted octanol–water partition coefficient (Wildman–Crippen LogP) is 4.90. The molecule has 2 nitrogen and oxygen atoms in total. The molecule has 0 aliphatic heterocycles. The number of hydrogen-bond donors (Lipinski definition) is 1. The summed E-state index contributed by atoms with van der Waals surface area (Å²) in [5.41, 5.74) is 1.81. The van der Waals surface area contributed by atoms with E-state index in [0.717, 1.165) is 11.1 Å². The lowest BCUT2D eigenvalue weighted by Crippen LogP contribution is -2.23. The molecule has 2 aromatic carbocycles. The summed E-state index contributed by atoms with van der Waals surface area (Å²) in [6.45, 7) is 0.386. The number of carbonyl (C=O) groups is 1. The molecule has 1 amide bonds. The van der Waals surface area contributed by atoms with Gasteiger partial charge in [0.05, 0.1) is 0 Å². The third kappa shape index (κ3) is 4.92. The van der Waals surface area contributed by atoms with Crippen molar-refractivity contribution < 1.29 is 4.79 Å². The largest absolute Gasteiger partial charge is 0.352 e. The second-order valence-corrected chi connectivity index (χ2v) is 5.85. The van der Waals surface area contributed by atoms with Gasteiger partial charge in [-0.1, -0.05) is 59.1 Å². The Morgan fingerprint density at radius 3 is 2.43 bits per heavy atom. The maximum absolute atomic E-state index is 11.9. The summed E-state index contributed by atoms with van der Waals surface area (Å²) in [4.78, 5) is 11.9. The van der Waals surface area contributed by atoms with Crippen LogP contribution in [0.15, 0.2) is 42.5 Å². The normalized spacial score (nSPS) is 10.4. The molecule has 2 rings (SSSR count). The Morgan fingerprint density at radius 2 is 1.71 bits per heavy atom. The van der Waals surface area contributed by atoms with Crippen LogP contribution in [0.2, 0.25) is 15.1 Å². The average Bonchev–Trinajstić information content (AvgIpc) is 2.45. The van der Waals surface area contributed by atoms with Crippen molar-refractivity contribution in [3.8, 4) is 0 Å². The second-order valence-electron chi connectivity index (χ2n) is 4.60. The minimum Gasteiger partial charge on any atom is -0.352 e. The number of benzene rings is 2. The molecular weight excluding hydrogens is 329 g/mol. The van der Waals surface area contributed by atoms with Gasteiger partial charge in [0.15, 0.2) is 0 Å². The highest BCUT2D eigenvalue weighted by atomic mass is 35.5. The summed E-state index contributed by atoms with van der Waals surface area (Å²) >= 11 is 17.9. The first kappa shape index (κ1) is 16.2. The number of carbonyl (C=O) groups excluding carboxylic acids is 1. The Balaban J connectivity index is 1.84. The fourth-order valence-corrected chi connectivity index (χ4v) is 2.60. The third-order valence-corrected chi connectivity index (χ3v) is 4.03. The molecule has 21 heavy (non-hydrogen) atoms. The fraction of sp³-hybridized carbons (Fsp3) is 0.188. The van der Waals surface area contributed by atoms with Crippen LogP contribution in [-0.2, 0) is 17.8 Å². The zero-order valence-corrected chi connectivity index (χ0v) is 13.5. The van der Waals surface area contributed by atoms with E-state index in [9.17, 15) is 4.79 Å². The first-order chi connectivity index (χ1) is 10.1. The lowest BCUT2D eigenvalue weighted by Gasteiger charge is -2.08. The maximum Gasteiger partial charge on any atom is 0.220 e. The van der Waals surface area contributed by atoms with Gasteiger partial charge in [0.2, 0.25) is 5.91 Å². The van der Waals surface area contributed by atoms with E-state index >= 15 is 0 Å². The predicted molar refractivity (Wildman–Crippen MR) is 88.1 cm³/mol. The molecule has 0 spiro atoms. The van der Waals surface area contributed by atoms with E-state index in [0.29, 0.717) is 34.5 Å². The van der Waals surface area contributed by atoms with Crippen molar-refractivity contribution in [2.45, 2.75) is 19.4 Å². The number of hydrogen-bond acceptors (Lipinski definition) is 1. The quantitative estimate of drug-likeness (QED) is 0.823. The maximum atomic E-state index is 11.9. The lowest BCUT2D eigenvalue weighted by molar-refractivity contribution is -0.121. The van der Waals surface area contributed by atoms with Crippen molar-refractivity contribution in [2.75, 3.05) is 0 Å². The van der Waals surface area contributed by atoms with Gasteiger partial charge in [-0.05, 0) is 35.7 Å². The molecular formula is C16H14Cl3NO. The van der Waals surface area contributed by atoms with Crippen LogP contribution in [-0.4, -0.2) is 5.91 Å². The Bertz CT molecular complexity index is 643. The van der Waals surface area contributed by atoms with Gasteiger partial charge in [-0.15, -0.1) is 0 Å². The van der Waals surface area contributed by atoms with Crippen LogP contribution < -0.4 is 5.32 Å². The highest BCUT2D eigenvalue weighted by molar-refractivity contribution is 6.35. The molecule has 1 N–H and O–H groups in total. The van der Waals surface area contributed by atoms with Crippen molar-refractivity contribution in [3.63, 3.8) is 0 Å². The van der Waals surface area contributed by atoms with Gasteiger partial charge in [0.1, 0.15) is 0 Å². The van der Waals surface area contributed by atoms with Crippen LogP contribution in [0.25, 0.3) is 0 Å². The number of rotatable bonds is 5. The summed E-state index contributed by atoms with van der Waals surface area (Å²) in [7, 11) is 0.